The minimum Gasteiger partial charge on any atom is -0.550 e. The summed E-state index contributed by atoms with van der Waals surface area (Å²) >= 11 is 5.67. The van der Waals surface area contributed by atoms with Gasteiger partial charge in [0.1, 0.15) is 5.75 Å². The molecular weight excluding hydrogens is 227 g/mol. The van der Waals surface area contributed by atoms with Crippen LogP contribution < -0.4 is 39.4 Å². The number of ether oxygens (including phenoxy) is 1. The van der Waals surface area contributed by atoms with Gasteiger partial charge in [0.2, 0.25) is 0 Å². The summed E-state index contributed by atoms with van der Waals surface area (Å²) in [6.45, 7) is 0.371. The fourth-order valence-corrected chi connectivity index (χ4v) is 1.06. The first-order chi connectivity index (χ1) is 6.68. The normalized spacial score (nSPS) is 9.13. The molecule has 1 aromatic carbocycles. The summed E-state index contributed by atoms with van der Waals surface area (Å²) in [7, 11) is 0. The molecule has 0 fully saturated rings. The van der Waals surface area contributed by atoms with Crippen molar-refractivity contribution < 1.29 is 44.2 Å². The summed E-state index contributed by atoms with van der Waals surface area (Å²) < 4.78 is 5.26. The molecule has 0 aromatic heterocycles. The van der Waals surface area contributed by atoms with Gasteiger partial charge in [0.05, 0.1) is 6.61 Å². The molecule has 3 nitrogen and oxygen atoms in total. The van der Waals surface area contributed by atoms with Crippen LogP contribution in [-0.4, -0.2) is 12.6 Å². The van der Waals surface area contributed by atoms with Gasteiger partial charge in [0, 0.05) is 11.0 Å². The first-order valence-electron chi connectivity index (χ1n) is 4.26. The van der Waals surface area contributed by atoms with E-state index < -0.39 is 5.97 Å². The summed E-state index contributed by atoms with van der Waals surface area (Å²) in [6.07, 6.45) is 0.471. The van der Waals surface area contributed by atoms with Crippen LogP contribution in [0.25, 0.3) is 0 Å². The van der Waals surface area contributed by atoms with E-state index in [1.807, 2.05) is 0 Å². The Balaban J connectivity index is 0.00000196. The molecule has 0 aliphatic carbocycles. The van der Waals surface area contributed by atoms with Gasteiger partial charge in [-0.3, -0.25) is 0 Å². The van der Waals surface area contributed by atoms with Crippen molar-refractivity contribution in [3.8, 4) is 5.75 Å². The molecule has 0 bridgehead atoms. The molecule has 0 atom stereocenters. The Kier molecular flexibility index (Phi) is 7.88. The van der Waals surface area contributed by atoms with Gasteiger partial charge in [-0.1, -0.05) is 11.6 Å². The summed E-state index contributed by atoms with van der Waals surface area (Å²) in [5, 5.41) is 10.7. The van der Waals surface area contributed by atoms with Crippen LogP contribution in [-0.2, 0) is 4.79 Å². The smallest absolute Gasteiger partial charge is 0.550 e. The Morgan fingerprint density at radius 3 is 2.47 bits per heavy atom. The third-order valence-corrected chi connectivity index (χ3v) is 1.86. The Morgan fingerprint density at radius 1 is 1.33 bits per heavy atom. The molecule has 1 aromatic rings. The fraction of sp³-hybridized carbons (Fsp3) is 0.300. The predicted molar refractivity (Wildman–Crippen MR) is 51.2 cm³/mol. The Hall–Kier alpha value is -0.220. The van der Waals surface area contributed by atoms with Crippen molar-refractivity contribution in [2.45, 2.75) is 12.8 Å². The van der Waals surface area contributed by atoms with E-state index in [4.69, 9.17) is 16.3 Å². The number of carbonyl (C=O) groups is 1. The van der Waals surface area contributed by atoms with Crippen LogP contribution in [0.4, 0.5) is 0 Å². The maximum Gasteiger partial charge on any atom is 1.00 e. The zero-order valence-electron chi connectivity index (χ0n) is 8.53. The molecule has 1 rings (SSSR count). The van der Waals surface area contributed by atoms with Crippen LogP contribution in [0.5, 0.6) is 5.75 Å². The number of rotatable bonds is 5. The number of hydrogen-bond acceptors (Lipinski definition) is 3. The van der Waals surface area contributed by atoms with Crippen molar-refractivity contribution in [3.05, 3.63) is 29.3 Å². The minimum atomic E-state index is -1.05. The second-order valence-corrected chi connectivity index (χ2v) is 3.21. The third-order valence-electron chi connectivity index (χ3n) is 1.61. The van der Waals surface area contributed by atoms with Gasteiger partial charge in [-0.2, -0.15) is 0 Å². The van der Waals surface area contributed by atoms with E-state index in [0.717, 1.165) is 0 Å². The van der Waals surface area contributed by atoms with Crippen LogP contribution in [0.1, 0.15) is 12.8 Å². The van der Waals surface area contributed by atoms with E-state index in [-0.39, 0.29) is 36.0 Å². The van der Waals surface area contributed by atoms with Gasteiger partial charge >= 0.3 is 29.6 Å². The van der Waals surface area contributed by atoms with Crippen LogP contribution in [0.2, 0.25) is 5.02 Å². The second kappa shape index (κ2) is 7.99. The van der Waals surface area contributed by atoms with Crippen LogP contribution in [0, 0.1) is 0 Å². The van der Waals surface area contributed by atoms with Crippen LogP contribution in [0.3, 0.4) is 0 Å². The summed E-state index contributed by atoms with van der Waals surface area (Å²) in [4.78, 5) is 10.1. The Morgan fingerprint density at radius 2 is 1.93 bits per heavy atom. The summed E-state index contributed by atoms with van der Waals surface area (Å²) in [5.41, 5.74) is 0. The monoisotopic (exact) mass is 236 g/mol. The number of aliphatic carboxylic acids is 1. The van der Waals surface area contributed by atoms with Gasteiger partial charge in [0.15, 0.2) is 0 Å². The quantitative estimate of drug-likeness (QED) is 0.450. The van der Waals surface area contributed by atoms with E-state index in [9.17, 15) is 9.90 Å². The molecule has 15 heavy (non-hydrogen) atoms. The van der Waals surface area contributed by atoms with Crippen molar-refractivity contribution in [2.24, 2.45) is 0 Å². The average molecular weight is 237 g/mol. The molecule has 0 saturated heterocycles. The van der Waals surface area contributed by atoms with Gasteiger partial charge in [-0.05, 0) is 37.1 Å². The Labute approximate surface area is 116 Å². The van der Waals surface area contributed by atoms with Gasteiger partial charge < -0.3 is 14.6 Å². The van der Waals surface area contributed by atoms with Crippen LogP contribution in [0.15, 0.2) is 24.3 Å². The molecule has 0 spiro atoms. The summed E-state index contributed by atoms with van der Waals surface area (Å²) in [6, 6.07) is 6.91. The third kappa shape index (κ3) is 6.79. The molecule has 0 radical (unpaired) electrons. The molecule has 0 aliphatic rings. The molecular formula is C10H10ClNaO3. The van der Waals surface area contributed by atoms with Gasteiger partial charge in [-0.25, -0.2) is 0 Å². The maximum absolute atomic E-state index is 10.1. The van der Waals surface area contributed by atoms with Crippen molar-refractivity contribution in [2.75, 3.05) is 6.61 Å². The van der Waals surface area contributed by atoms with Crippen molar-refractivity contribution in [3.63, 3.8) is 0 Å². The fourth-order valence-electron chi connectivity index (χ4n) is 0.937. The number of halogens is 1. The number of benzene rings is 1. The van der Waals surface area contributed by atoms with Gasteiger partial charge in [0.25, 0.3) is 0 Å². The van der Waals surface area contributed by atoms with E-state index in [2.05, 4.69) is 0 Å². The molecule has 0 unspecified atom stereocenters. The summed E-state index contributed by atoms with van der Waals surface area (Å²) in [5.74, 6) is -0.363. The molecule has 0 N–H and O–H groups in total. The molecule has 0 amide bonds. The first-order valence-corrected chi connectivity index (χ1v) is 4.64. The van der Waals surface area contributed by atoms with E-state index >= 15 is 0 Å². The number of hydrogen-bond donors (Lipinski definition) is 0. The molecule has 0 saturated carbocycles. The molecule has 76 valence electrons. The van der Waals surface area contributed by atoms with Crippen molar-refractivity contribution >= 4 is 17.6 Å². The zero-order chi connectivity index (χ0) is 10.4. The zero-order valence-corrected chi connectivity index (χ0v) is 11.3. The van der Waals surface area contributed by atoms with Gasteiger partial charge in [-0.15, -0.1) is 0 Å². The average Bonchev–Trinajstić information content (AvgIpc) is 2.15. The number of carboxylic acids is 1. The standard InChI is InChI=1S/C10H11ClO3.Na/c11-8-3-5-9(6-4-8)14-7-1-2-10(12)13;/h3-6H,1-2,7H2,(H,12,13);/q;+1/p-1. The second-order valence-electron chi connectivity index (χ2n) is 2.78. The van der Waals surface area contributed by atoms with E-state index in [1.54, 1.807) is 24.3 Å². The molecule has 0 aliphatic heterocycles. The maximum atomic E-state index is 10.1. The van der Waals surface area contributed by atoms with Crippen LogP contribution >= 0.6 is 11.6 Å². The van der Waals surface area contributed by atoms with Crippen molar-refractivity contribution in [1.82, 2.24) is 0 Å². The number of carboxylic acid groups (broad SMARTS) is 1. The van der Waals surface area contributed by atoms with Crippen molar-refractivity contribution in [1.29, 1.82) is 0 Å². The minimum absolute atomic E-state index is 0. The first kappa shape index (κ1) is 14.8. The van der Waals surface area contributed by atoms with E-state index in [1.165, 1.54) is 0 Å². The van der Waals surface area contributed by atoms with E-state index in [0.29, 0.717) is 23.8 Å². The number of carbonyl (C=O) groups excluding carboxylic acids is 1. The topological polar surface area (TPSA) is 49.4 Å². The largest absolute Gasteiger partial charge is 1.00 e. The predicted octanol–water partition coefficient (Wildman–Crippen LogP) is -1.75. The molecule has 0 heterocycles. The molecule has 5 heteroatoms. The SMILES string of the molecule is O=C([O-])CCCOc1ccc(Cl)cc1.[Na+]. The Bertz CT molecular complexity index is 300.